The monoisotopic (exact) mass is 423 g/mol. The molecule has 0 saturated heterocycles. The van der Waals surface area contributed by atoms with Crippen molar-refractivity contribution < 1.29 is 4.79 Å². The fourth-order valence-electron chi connectivity index (χ4n) is 2.94. The van der Waals surface area contributed by atoms with Crippen molar-refractivity contribution in [2.45, 2.75) is 26.3 Å². The van der Waals surface area contributed by atoms with E-state index in [9.17, 15) is 4.79 Å². The van der Waals surface area contributed by atoms with Gasteiger partial charge in [-0.1, -0.05) is 24.6 Å². The normalized spacial score (nSPS) is 12.0. The van der Waals surface area contributed by atoms with E-state index in [2.05, 4.69) is 36.3 Å². The van der Waals surface area contributed by atoms with Crippen LogP contribution in [0, 0.1) is 6.92 Å². The number of nitrogens with zero attached hydrogens (tertiary/aromatic N) is 8. The molecule has 10 nitrogen and oxygen atoms in total. The second kappa shape index (κ2) is 8.37. The number of rotatable bonds is 6. The summed E-state index contributed by atoms with van der Waals surface area (Å²) in [6.07, 6.45) is 0.494. The van der Waals surface area contributed by atoms with Crippen molar-refractivity contribution in [2.24, 2.45) is 0 Å². The molecule has 4 rings (SSSR count). The van der Waals surface area contributed by atoms with E-state index in [0.717, 1.165) is 11.3 Å². The zero-order valence-electron chi connectivity index (χ0n) is 16.3. The maximum absolute atomic E-state index is 12.9. The number of tetrazole rings is 2. The molecule has 4 aromatic rings. The molecule has 30 heavy (non-hydrogen) atoms. The van der Waals surface area contributed by atoms with Gasteiger partial charge in [0.15, 0.2) is 11.9 Å². The van der Waals surface area contributed by atoms with E-state index in [1.54, 1.807) is 48.0 Å². The fraction of sp³-hybridized carbons (Fsp3) is 0.211. The first kappa shape index (κ1) is 19.6. The van der Waals surface area contributed by atoms with Gasteiger partial charge >= 0.3 is 0 Å². The lowest BCUT2D eigenvalue weighted by Gasteiger charge is -2.14. The summed E-state index contributed by atoms with van der Waals surface area (Å²) < 4.78 is 1.59. The zero-order chi connectivity index (χ0) is 21.1. The molecular formula is C19H18ClN9O. The molecule has 2 heterocycles. The molecule has 0 spiro atoms. The molecule has 1 unspecified atom stereocenters. The van der Waals surface area contributed by atoms with E-state index in [1.807, 2.05) is 19.1 Å². The van der Waals surface area contributed by atoms with Crippen molar-refractivity contribution >= 4 is 23.2 Å². The lowest BCUT2D eigenvalue weighted by molar-refractivity contribution is -0.119. The van der Waals surface area contributed by atoms with Crippen molar-refractivity contribution in [1.82, 2.24) is 40.4 Å². The Labute approximate surface area is 176 Å². The van der Waals surface area contributed by atoms with Gasteiger partial charge in [-0.05, 0) is 71.4 Å². The summed E-state index contributed by atoms with van der Waals surface area (Å²) in [6.45, 7) is 3.68. The number of carbonyl (C=O) groups excluding carboxylic acids is 1. The second-order valence-corrected chi connectivity index (χ2v) is 6.98. The molecule has 0 bridgehead atoms. The first-order valence-electron chi connectivity index (χ1n) is 9.27. The molecule has 2 aromatic heterocycles. The molecular weight excluding hydrogens is 406 g/mol. The highest BCUT2D eigenvalue weighted by Crippen LogP contribution is 2.20. The Morgan fingerprint density at radius 1 is 1.13 bits per heavy atom. The molecule has 0 aliphatic carbocycles. The van der Waals surface area contributed by atoms with Crippen LogP contribution >= 0.6 is 11.6 Å². The molecule has 0 radical (unpaired) electrons. The van der Waals surface area contributed by atoms with Crippen LogP contribution in [0.15, 0.2) is 48.5 Å². The standard InChI is InChI=1S/C19H18ClN9O/c1-3-17(29-24-18(23-26-29)13-7-9-14(20)10-8-13)19(30)21-15-5-4-6-16(11-15)28-12(2)22-25-27-28/h4-11,17H,3H2,1-2H3,(H,21,30). The SMILES string of the molecule is CCC(C(=O)Nc1cccc(-n2nnnc2C)c1)n1nnc(-c2ccc(Cl)cc2)n1. The number of nitrogens with one attached hydrogen (secondary N) is 1. The fourth-order valence-corrected chi connectivity index (χ4v) is 3.06. The molecule has 0 aliphatic heterocycles. The number of anilines is 1. The maximum Gasteiger partial charge on any atom is 0.251 e. The third-order valence-electron chi connectivity index (χ3n) is 4.48. The van der Waals surface area contributed by atoms with Crippen LogP contribution < -0.4 is 5.32 Å². The predicted octanol–water partition coefficient (Wildman–Crippen LogP) is 2.87. The summed E-state index contributed by atoms with van der Waals surface area (Å²) >= 11 is 5.92. The molecule has 0 saturated carbocycles. The smallest absolute Gasteiger partial charge is 0.251 e. The summed E-state index contributed by atoms with van der Waals surface area (Å²) in [5.41, 5.74) is 2.13. The number of benzene rings is 2. The third-order valence-corrected chi connectivity index (χ3v) is 4.73. The number of aryl methyl sites for hydroxylation is 1. The number of amides is 1. The largest absolute Gasteiger partial charge is 0.324 e. The van der Waals surface area contributed by atoms with Crippen LogP contribution in [0.4, 0.5) is 5.69 Å². The van der Waals surface area contributed by atoms with Crippen LogP contribution in [0.25, 0.3) is 17.1 Å². The molecule has 0 fully saturated rings. The van der Waals surface area contributed by atoms with E-state index in [4.69, 9.17) is 11.6 Å². The lowest BCUT2D eigenvalue weighted by Crippen LogP contribution is -2.27. The summed E-state index contributed by atoms with van der Waals surface area (Å²) in [7, 11) is 0. The Kier molecular flexibility index (Phi) is 5.48. The summed E-state index contributed by atoms with van der Waals surface area (Å²) in [5.74, 6) is 0.823. The van der Waals surface area contributed by atoms with E-state index < -0.39 is 6.04 Å². The number of carbonyl (C=O) groups is 1. The minimum atomic E-state index is -0.614. The molecule has 0 aliphatic rings. The molecule has 2 aromatic carbocycles. The summed E-state index contributed by atoms with van der Waals surface area (Å²) in [4.78, 5) is 14.2. The minimum absolute atomic E-state index is 0.247. The highest BCUT2D eigenvalue weighted by atomic mass is 35.5. The van der Waals surface area contributed by atoms with Gasteiger partial charge in [-0.3, -0.25) is 4.79 Å². The van der Waals surface area contributed by atoms with Crippen molar-refractivity contribution in [3.05, 3.63) is 59.4 Å². The Hall–Kier alpha value is -3.66. The van der Waals surface area contributed by atoms with Gasteiger partial charge in [-0.25, -0.2) is 0 Å². The van der Waals surface area contributed by atoms with Crippen molar-refractivity contribution in [3.63, 3.8) is 0 Å². The van der Waals surface area contributed by atoms with E-state index in [0.29, 0.717) is 28.8 Å². The Bertz CT molecular complexity index is 1170. The van der Waals surface area contributed by atoms with Crippen LogP contribution in [0.5, 0.6) is 0 Å². The third kappa shape index (κ3) is 4.03. The predicted molar refractivity (Wildman–Crippen MR) is 110 cm³/mol. The lowest BCUT2D eigenvalue weighted by atomic mass is 10.2. The average molecular weight is 424 g/mol. The molecule has 1 N–H and O–H groups in total. The maximum atomic E-state index is 12.9. The Morgan fingerprint density at radius 2 is 1.93 bits per heavy atom. The van der Waals surface area contributed by atoms with E-state index >= 15 is 0 Å². The van der Waals surface area contributed by atoms with Gasteiger partial charge in [-0.2, -0.15) is 9.48 Å². The molecule has 11 heteroatoms. The van der Waals surface area contributed by atoms with Crippen LogP contribution in [0.3, 0.4) is 0 Å². The van der Waals surface area contributed by atoms with Gasteiger partial charge in [0.1, 0.15) is 0 Å². The van der Waals surface area contributed by atoms with Crippen molar-refractivity contribution in [1.29, 1.82) is 0 Å². The van der Waals surface area contributed by atoms with Crippen LogP contribution in [0.2, 0.25) is 5.02 Å². The van der Waals surface area contributed by atoms with Crippen molar-refractivity contribution in [3.8, 4) is 17.1 Å². The quantitative estimate of drug-likeness (QED) is 0.506. The zero-order valence-corrected chi connectivity index (χ0v) is 17.0. The van der Waals surface area contributed by atoms with Crippen LogP contribution in [0.1, 0.15) is 25.2 Å². The van der Waals surface area contributed by atoms with Crippen molar-refractivity contribution in [2.75, 3.05) is 5.32 Å². The van der Waals surface area contributed by atoms with E-state index in [-0.39, 0.29) is 5.91 Å². The Morgan fingerprint density at radius 3 is 2.63 bits per heavy atom. The molecule has 1 atom stereocenters. The van der Waals surface area contributed by atoms with Gasteiger partial charge in [0.2, 0.25) is 5.82 Å². The van der Waals surface area contributed by atoms with Gasteiger partial charge < -0.3 is 5.32 Å². The van der Waals surface area contributed by atoms with E-state index in [1.165, 1.54) is 4.80 Å². The summed E-state index contributed by atoms with van der Waals surface area (Å²) in [5, 5.41) is 27.5. The average Bonchev–Trinajstić information content (AvgIpc) is 3.39. The number of aromatic nitrogens is 8. The highest BCUT2D eigenvalue weighted by molar-refractivity contribution is 6.30. The van der Waals surface area contributed by atoms with Gasteiger partial charge in [0.05, 0.1) is 5.69 Å². The molecule has 152 valence electrons. The summed E-state index contributed by atoms with van der Waals surface area (Å²) in [6, 6.07) is 13.8. The first-order chi connectivity index (χ1) is 14.5. The topological polar surface area (TPSA) is 116 Å². The number of halogens is 1. The van der Waals surface area contributed by atoms with Gasteiger partial charge in [0, 0.05) is 16.3 Å². The minimum Gasteiger partial charge on any atom is -0.324 e. The van der Waals surface area contributed by atoms with Gasteiger partial charge in [-0.15, -0.1) is 15.3 Å². The number of hydrogen-bond donors (Lipinski definition) is 1. The van der Waals surface area contributed by atoms with Gasteiger partial charge in [0.25, 0.3) is 5.91 Å². The Balaban J connectivity index is 1.53. The number of hydrogen-bond acceptors (Lipinski definition) is 7. The van der Waals surface area contributed by atoms with Crippen LogP contribution in [-0.2, 0) is 4.79 Å². The molecule has 1 amide bonds. The first-order valence-corrected chi connectivity index (χ1v) is 9.64. The second-order valence-electron chi connectivity index (χ2n) is 6.54. The highest BCUT2D eigenvalue weighted by Gasteiger charge is 2.22. The van der Waals surface area contributed by atoms with Crippen LogP contribution in [-0.4, -0.2) is 46.3 Å².